The van der Waals surface area contributed by atoms with Gasteiger partial charge in [-0.05, 0) is 97.1 Å². The summed E-state index contributed by atoms with van der Waals surface area (Å²) in [4.78, 5) is 85.4. The van der Waals surface area contributed by atoms with Gasteiger partial charge >= 0.3 is 5.97 Å². The van der Waals surface area contributed by atoms with Crippen molar-refractivity contribution in [2.45, 2.75) is 118 Å². The molecule has 450 valence electrons. The van der Waals surface area contributed by atoms with Gasteiger partial charge in [0.15, 0.2) is 29.9 Å². The molecule has 5 amide bonds. The molecule has 5 aromatic carbocycles. The molecule has 0 saturated carbocycles. The fourth-order valence-electron chi connectivity index (χ4n) is 10.7. The Morgan fingerprint density at radius 3 is 2.13 bits per heavy atom. The summed E-state index contributed by atoms with van der Waals surface area (Å²) in [7, 11) is 0. The number of amides is 5. The number of fused-ring (bicyclic) bond motifs is 15. The molecular formula is C57H59ClN6O21. The minimum atomic E-state index is -2.17. The first-order chi connectivity index (χ1) is 40.4. The molecule has 0 spiro atoms. The number of halogens is 1. The van der Waals surface area contributed by atoms with E-state index in [0.717, 1.165) is 36.4 Å². The number of aromatic hydroxyl groups is 3. The van der Waals surface area contributed by atoms with E-state index in [4.69, 9.17) is 45.8 Å². The zero-order valence-electron chi connectivity index (χ0n) is 45.0. The number of aliphatic hydroxyl groups is 5. The smallest absolute Gasteiger partial charge is 0.330 e. The van der Waals surface area contributed by atoms with Crippen molar-refractivity contribution < 1.29 is 103 Å². The molecule has 0 aliphatic carbocycles. The fraction of sp³-hybridized carbons (Fsp3) is 0.368. The van der Waals surface area contributed by atoms with Crippen molar-refractivity contribution in [1.29, 1.82) is 0 Å². The Labute approximate surface area is 487 Å². The van der Waals surface area contributed by atoms with Crippen molar-refractivity contribution in [2.24, 2.45) is 5.73 Å². The maximum absolute atomic E-state index is 15.4. The molecular weight excluding hydrogens is 1140 g/mol. The lowest BCUT2D eigenvalue weighted by Crippen LogP contribution is -2.64. The highest BCUT2D eigenvalue weighted by Gasteiger charge is 2.51. The van der Waals surface area contributed by atoms with Crippen LogP contribution in [0.1, 0.15) is 78.7 Å². The molecule has 16 N–H and O–H groups in total. The van der Waals surface area contributed by atoms with E-state index in [9.17, 15) is 65.1 Å². The highest BCUT2D eigenvalue weighted by molar-refractivity contribution is 6.32. The lowest BCUT2D eigenvalue weighted by atomic mass is 9.86. The van der Waals surface area contributed by atoms with Gasteiger partial charge in [0, 0.05) is 41.1 Å². The zero-order valence-corrected chi connectivity index (χ0v) is 45.8. The molecule has 7 heterocycles. The number of nitrogens with two attached hydrogens (primary N) is 1. The number of nitrogens with one attached hydrogen (secondary N) is 5. The number of hydrogen-bond acceptors (Lipinski definition) is 21. The molecule has 85 heavy (non-hydrogen) atoms. The van der Waals surface area contributed by atoms with Crippen LogP contribution in [-0.2, 0) is 49.4 Å². The third kappa shape index (κ3) is 12.3. The van der Waals surface area contributed by atoms with Gasteiger partial charge in [-0.2, -0.15) is 0 Å². The lowest BCUT2D eigenvalue weighted by Gasteiger charge is -2.47. The molecule has 1 unspecified atom stereocenters. The number of aliphatic carboxylic acids is 1. The normalized spacial score (nSPS) is 29.8. The summed E-state index contributed by atoms with van der Waals surface area (Å²) in [6.45, 7) is 1.51. The van der Waals surface area contributed by atoms with Crippen LogP contribution in [0.5, 0.6) is 46.0 Å². The van der Waals surface area contributed by atoms with E-state index in [1.54, 1.807) is 19.1 Å². The number of carboxylic acids is 1. The highest BCUT2D eigenvalue weighted by atomic mass is 35.5. The third-order valence-corrected chi connectivity index (χ3v) is 15.5. The molecule has 2 saturated heterocycles. The number of phenolic OH excluding ortho intramolecular Hbond substituents is 3. The van der Waals surface area contributed by atoms with Crippen molar-refractivity contribution >= 4 is 47.1 Å². The summed E-state index contributed by atoms with van der Waals surface area (Å²) in [6, 6.07) is 9.01. The van der Waals surface area contributed by atoms with E-state index in [1.807, 2.05) is 0 Å². The van der Waals surface area contributed by atoms with Crippen LogP contribution >= 0.6 is 11.6 Å². The largest absolute Gasteiger partial charge is 0.508 e. The second kappa shape index (κ2) is 24.0. The van der Waals surface area contributed by atoms with Gasteiger partial charge in [0.25, 0.3) is 0 Å². The molecule has 14 atom stereocenters. The quantitative estimate of drug-likeness (QED) is 0.113. The number of carbonyl (C=O) groups is 6. The summed E-state index contributed by atoms with van der Waals surface area (Å²) in [5.74, 6) is -10.6. The summed E-state index contributed by atoms with van der Waals surface area (Å²) in [6.07, 6.45) is -14.4. The number of phenols is 3. The Morgan fingerprint density at radius 2 is 1.44 bits per heavy atom. The number of carbonyl (C=O) groups excluding carboxylic acids is 5. The topological polar surface area (TPSA) is 426 Å². The molecule has 2 fully saturated rings. The van der Waals surface area contributed by atoms with Gasteiger partial charge in [0.1, 0.15) is 71.3 Å². The van der Waals surface area contributed by atoms with Crippen LogP contribution in [0.25, 0.3) is 11.1 Å². The van der Waals surface area contributed by atoms with E-state index in [1.165, 1.54) is 43.3 Å². The lowest BCUT2D eigenvalue weighted by molar-refractivity contribution is -0.333. The van der Waals surface area contributed by atoms with Gasteiger partial charge in [-0.3, -0.25) is 24.0 Å². The Morgan fingerprint density at radius 1 is 0.741 bits per heavy atom. The standard InChI is InChI=1S/C57H59ClN6O21/c1-22-51(74)57(2,59)19-40(80-22)84-50-48(73)47(72)37(21-65)83-56(50)85-49-35-15-26-16-36(49)82-34-11-7-25(14-31(34)58)46(71)45-54(77)63-44(55(78)79)30-17-27(66)18-33(68)41(30)29-13-24(6-10-32(29)67)42(52(75)64-45)62-53(76)43(26)61-39(70)20-60-38(69)12-5-23-3-8-28(81-35)9-4-23/h3-4,6-11,13-18,22,37,40,42-48,50-51,56,65-68,71-74H,5,12,19-21,59H2,1-2H3,(H,60,69)(H,61,70)(H,62,76)(H,63,77)(H,64,75)(H,78,79)/t22-,37?,40-,42+,43+,44+,45-,46-,47-,48-,50-,51-,56-,57+/m1/s1. The first-order valence-electron chi connectivity index (χ1n) is 26.6. The first-order valence-corrected chi connectivity index (χ1v) is 27.0. The van der Waals surface area contributed by atoms with E-state index in [0.29, 0.717) is 5.56 Å². The molecule has 7 aliphatic rings. The maximum Gasteiger partial charge on any atom is 0.330 e. The van der Waals surface area contributed by atoms with Crippen molar-refractivity contribution in [1.82, 2.24) is 26.6 Å². The first kappa shape index (κ1) is 59.8. The van der Waals surface area contributed by atoms with Gasteiger partial charge in [0.05, 0.1) is 30.4 Å². The monoisotopic (exact) mass is 1200 g/mol. The minimum absolute atomic E-state index is 0.0892. The van der Waals surface area contributed by atoms with Crippen LogP contribution in [0.3, 0.4) is 0 Å². The molecule has 7 aliphatic heterocycles. The van der Waals surface area contributed by atoms with Crippen LogP contribution in [0.2, 0.25) is 5.02 Å². The van der Waals surface area contributed by atoms with Gasteiger partial charge < -0.3 is 107 Å². The van der Waals surface area contributed by atoms with Crippen molar-refractivity contribution in [3.05, 3.63) is 118 Å². The molecule has 0 aromatic heterocycles. The molecule has 12 rings (SSSR count). The average molecular weight is 1200 g/mol. The molecule has 11 bridgehead atoms. The van der Waals surface area contributed by atoms with Crippen molar-refractivity contribution in [3.63, 3.8) is 0 Å². The van der Waals surface area contributed by atoms with Gasteiger partial charge in [-0.15, -0.1) is 0 Å². The molecule has 0 radical (unpaired) electrons. The Balaban J connectivity index is 1.19. The van der Waals surface area contributed by atoms with Gasteiger partial charge in [0.2, 0.25) is 41.6 Å². The summed E-state index contributed by atoms with van der Waals surface area (Å²) in [5, 5.41) is 112. The van der Waals surface area contributed by atoms with Crippen LogP contribution in [0.15, 0.2) is 84.9 Å². The highest BCUT2D eigenvalue weighted by Crippen LogP contribution is 2.49. The SMILES string of the molecule is C[C@H]1O[C@H](O[C@H]2[C@@H](Oc3c4cc5cc3Oc3ccc(cc3Cl)[C@@H](O)[C@H]3NC(=O)[C@@H](NC(=O)[C@H]5NC(=O)CNC(=O)CCc5ccc(cc5)O4)c4ccc(O)c(c4)-c4c(O)cc(O)cc4[C@@H](C(=O)O)NC3=O)OC(CO)[C@@H](O)[C@H]2O)C[C@](C)(N)[C@@H]1O. The van der Waals surface area contributed by atoms with Crippen LogP contribution in [0, 0.1) is 0 Å². The Bertz CT molecular complexity index is 3460. The second-order valence-corrected chi connectivity index (χ2v) is 21.8. The number of aliphatic hydroxyl groups excluding tert-OH is 5. The van der Waals surface area contributed by atoms with E-state index in [2.05, 4.69) is 26.6 Å². The number of hydrogen-bond donors (Lipinski definition) is 15. The van der Waals surface area contributed by atoms with E-state index >= 15 is 9.59 Å². The average Bonchev–Trinajstić information content (AvgIpc) is 2.71. The molecule has 28 heteroatoms. The molecule has 5 aromatic rings. The van der Waals surface area contributed by atoms with Crippen molar-refractivity contribution in [2.75, 3.05) is 13.2 Å². The number of benzene rings is 5. The molecule has 27 nitrogen and oxygen atoms in total. The predicted octanol–water partition coefficient (Wildman–Crippen LogP) is 0.989. The van der Waals surface area contributed by atoms with Gasteiger partial charge in [-0.25, -0.2) is 4.79 Å². The van der Waals surface area contributed by atoms with Crippen LogP contribution in [0.4, 0.5) is 0 Å². The number of carboxylic acid groups (broad SMARTS) is 1. The Hall–Kier alpha value is -8.35. The summed E-state index contributed by atoms with van der Waals surface area (Å²) < 4.78 is 38.1. The number of rotatable bonds is 6. The zero-order chi connectivity index (χ0) is 60.9. The minimum Gasteiger partial charge on any atom is -0.508 e. The third-order valence-electron chi connectivity index (χ3n) is 15.2. The van der Waals surface area contributed by atoms with Crippen LogP contribution < -0.4 is 46.5 Å². The van der Waals surface area contributed by atoms with E-state index in [-0.39, 0.29) is 63.8 Å². The number of aryl methyl sites for hydroxylation is 1. The fourth-order valence-corrected chi connectivity index (χ4v) is 10.9. The maximum atomic E-state index is 15.4. The van der Waals surface area contributed by atoms with Gasteiger partial charge in [-0.1, -0.05) is 35.9 Å². The second-order valence-electron chi connectivity index (χ2n) is 21.4. The summed E-state index contributed by atoms with van der Waals surface area (Å²) >= 11 is 6.97. The van der Waals surface area contributed by atoms with E-state index < -0.39 is 174 Å². The number of ether oxygens (including phenoxy) is 6. The predicted molar refractivity (Wildman–Crippen MR) is 291 cm³/mol. The van der Waals surface area contributed by atoms with Crippen LogP contribution in [-0.4, -0.2) is 155 Å². The Kier molecular flexibility index (Phi) is 16.9. The summed E-state index contributed by atoms with van der Waals surface area (Å²) in [5.41, 5.74) is 3.88. The van der Waals surface area contributed by atoms with Crippen molar-refractivity contribution in [3.8, 4) is 57.1 Å².